The minimum absolute atomic E-state index is 0.0948. The third-order valence-electron chi connectivity index (χ3n) is 5.40. The van der Waals surface area contributed by atoms with Gasteiger partial charge in [-0.15, -0.1) is 0 Å². The smallest absolute Gasteiger partial charge is 0.418 e. The Morgan fingerprint density at radius 1 is 1.21 bits per heavy atom. The van der Waals surface area contributed by atoms with Crippen LogP contribution < -0.4 is 10.3 Å². The summed E-state index contributed by atoms with van der Waals surface area (Å²) < 4.78 is 52.0. The van der Waals surface area contributed by atoms with Crippen LogP contribution in [0.4, 0.5) is 13.2 Å². The molecule has 0 amide bonds. The van der Waals surface area contributed by atoms with Crippen LogP contribution in [0.25, 0.3) is 22.0 Å². The van der Waals surface area contributed by atoms with Gasteiger partial charge in [0.2, 0.25) is 0 Å². The number of methoxy groups -OCH3 is 1. The molecule has 3 heterocycles. The summed E-state index contributed by atoms with van der Waals surface area (Å²) in [5.41, 5.74) is 0.795. The van der Waals surface area contributed by atoms with Crippen LogP contribution in [0.3, 0.4) is 0 Å². The number of benzene rings is 1. The topological polar surface area (TPSA) is 90.4 Å². The van der Waals surface area contributed by atoms with Gasteiger partial charge < -0.3 is 18.9 Å². The Morgan fingerprint density at radius 2 is 1.97 bits per heavy atom. The fourth-order valence-corrected chi connectivity index (χ4v) is 3.84. The standard InChI is InChI=1S/C23H20F3N3O4/c1-12-20(13(2)33-28-12)16-8-14-9-17(21(30)23(24,25)26)22(31)29(18(14)10-19(16)32-3)11-15-6-4-5-7-27-15/h4-10,21,30H,11H2,1-3H3. The number of rotatable bonds is 5. The van der Waals surface area contributed by atoms with E-state index in [9.17, 15) is 23.1 Å². The number of aliphatic hydroxyl groups is 1. The maximum absolute atomic E-state index is 13.3. The summed E-state index contributed by atoms with van der Waals surface area (Å²) in [6.45, 7) is 3.35. The van der Waals surface area contributed by atoms with Gasteiger partial charge in [-0.1, -0.05) is 11.2 Å². The summed E-state index contributed by atoms with van der Waals surface area (Å²) in [5, 5.41) is 14.2. The minimum atomic E-state index is -5.01. The van der Waals surface area contributed by atoms with E-state index in [1.807, 2.05) is 0 Å². The Hall–Kier alpha value is -3.66. The SMILES string of the molecule is COc1cc2c(cc1-c1c(C)noc1C)cc(C(O)C(F)(F)F)c(=O)n2Cc1ccccn1. The van der Waals surface area contributed by atoms with Crippen LogP contribution in [0.1, 0.15) is 28.8 Å². The highest BCUT2D eigenvalue weighted by Gasteiger charge is 2.41. The highest BCUT2D eigenvalue weighted by molar-refractivity contribution is 5.90. The normalized spacial score (nSPS) is 12.8. The molecule has 10 heteroatoms. The highest BCUT2D eigenvalue weighted by Crippen LogP contribution is 2.39. The number of hydrogen-bond donors (Lipinski definition) is 1. The molecule has 0 saturated heterocycles. The molecule has 172 valence electrons. The molecule has 7 nitrogen and oxygen atoms in total. The van der Waals surface area contributed by atoms with Gasteiger partial charge in [0.25, 0.3) is 5.56 Å². The van der Waals surface area contributed by atoms with Crippen LogP contribution in [0.15, 0.2) is 51.9 Å². The number of hydrogen-bond acceptors (Lipinski definition) is 6. The zero-order chi connectivity index (χ0) is 23.9. The van der Waals surface area contributed by atoms with E-state index in [1.165, 1.54) is 13.3 Å². The van der Waals surface area contributed by atoms with Crippen molar-refractivity contribution in [1.82, 2.24) is 14.7 Å². The molecule has 0 aliphatic heterocycles. The van der Waals surface area contributed by atoms with E-state index in [1.54, 1.807) is 44.2 Å². The average molecular weight is 459 g/mol. The van der Waals surface area contributed by atoms with E-state index in [2.05, 4.69) is 10.1 Å². The third-order valence-corrected chi connectivity index (χ3v) is 5.40. The maximum Gasteiger partial charge on any atom is 0.418 e. The quantitative estimate of drug-likeness (QED) is 0.478. The Bertz CT molecular complexity index is 1360. The average Bonchev–Trinajstić information content (AvgIpc) is 3.12. The molecule has 0 saturated carbocycles. The highest BCUT2D eigenvalue weighted by atomic mass is 19.4. The molecule has 0 aliphatic rings. The molecular weight excluding hydrogens is 439 g/mol. The molecule has 0 radical (unpaired) electrons. The molecule has 33 heavy (non-hydrogen) atoms. The molecule has 3 aromatic heterocycles. The van der Waals surface area contributed by atoms with Crippen LogP contribution in [0, 0.1) is 13.8 Å². The van der Waals surface area contributed by atoms with Gasteiger partial charge in [-0.3, -0.25) is 9.78 Å². The summed E-state index contributed by atoms with van der Waals surface area (Å²) in [4.78, 5) is 17.3. The fourth-order valence-electron chi connectivity index (χ4n) is 3.84. The lowest BCUT2D eigenvalue weighted by Gasteiger charge is -2.19. The Morgan fingerprint density at radius 3 is 2.55 bits per heavy atom. The van der Waals surface area contributed by atoms with E-state index in [-0.39, 0.29) is 6.54 Å². The monoisotopic (exact) mass is 459 g/mol. The molecule has 1 unspecified atom stereocenters. The lowest BCUT2D eigenvalue weighted by atomic mass is 9.98. The number of nitrogens with zero attached hydrogens (tertiary/aromatic N) is 3. The molecule has 1 atom stereocenters. The van der Waals surface area contributed by atoms with Crippen molar-refractivity contribution < 1.29 is 27.5 Å². The molecule has 0 aliphatic carbocycles. The van der Waals surface area contributed by atoms with Crippen molar-refractivity contribution >= 4 is 10.9 Å². The number of fused-ring (bicyclic) bond motifs is 1. The first-order valence-electron chi connectivity index (χ1n) is 9.95. The van der Waals surface area contributed by atoms with Gasteiger partial charge in [0, 0.05) is 17.8 Å². The first-order valence-corrected chi connectivity index (χ1v) is 9.95. The van der Waals surface area contributed by atoms with Gasteiger partial charge in [-0.25, -0.2) is 0 Å². The molecule has 1 N–H and O–H groups in total. The lowest BCUT2D eigenvalue weighted by Crippen LogP contribution is -2.31. The Labute approximate surface area is 186 Å². The largest absolute Gasteiger partial charge is 0.496 e. The second kappa shape index (κ2) is 8.36. The van der Waals surface area contributed by atoms with Gasteiger partial charge in [0.05, 0.1) is 41.7 Å². The van der Waals surface area contributed by atoms with Gasteiger partial charge >= 0.3 is 6.18 Å². The Balaban J connectivity index is 2.05. The van der Waals surface area contributed by atoms with E-state index in [0.717, 1.165) is 10.6 Å². The van der Waals surface area contributed by atoms with Crippen molar-refractivity contribution in [2.24, 2.45) is 0 Å². The molecule has 1 aromatic carbocycles. The summed E-state index contributed by atoms with van der Waals surface area (Å²) in [6, 6.07) is 9.28. The van der Waals surface area contributed by atoms with E-state index >= 15 is 0 Å². The summed E-state index contributed by atoms with van der Waals surface area (Å²) in [7, 11) is 1.45. The molecule has 0 bridgehead atoms. The summed E-state index contributed by atoms with van der Waals surface area (Å²) in [6.07, 6.45) is -6.42. The van der Waals surface area contributed by atoms with Crippen molar-refractivity contribution in [1.29, 1.82) is 0 Å². The zero-order valence-electron chi connectivity index (χ0n) is 18.0. The van der Waals surface area contributed by atoms with Crippen molar-refractivity contribution in [2.45, 2.75) is 32.7 Å². The first kappa shape index (κ1) is 22.5. The predicted molar refractivity (Wildman–Crippen MR) is 114 cm³/mol. The van der Waals surface area contributed by atoms with E-state index in [4.69, 9.17) is 9.26 Å². The van der Waals surface area contributed by atoms with Crippen molar-refractivity contribution in [2.75, 3.05) is 7.11 Å². The maximum atomic E-state index is 13.3. The molecule has 0 fully saturated rings. The number of pyridine rings is 2. The summed E-state index contributed by atoms with van der Waals surface area (Å²) in [5.74, 6) is 0.887. The van der Waals surface area contributed by atoms with Crippen LogP contribution in [-0.4, -0.2) is 33.1 Å². The summed E-state index contributed by atoms with van der Waals surface area (Å²) >= 11 is 0. The number of aliphatic hydroxyl groups excluding tert-OH is 1. The molecule has 4 rings (SSSR count). The van der Waals surface area contributed by atoms with Gasteiger partial charge in [-0.05, 0) is 43.5 Å². The molecule has 0 spiro atoms. The second-order valence-electron chi connectivity index (χ2n) is 7.57. The number of aromatic nitrogens is 3. The predicted octanol–water partition coefficient (Wildman–Crippen LogP) is 4.32. The van der Waals surface area contributed by atoms with Gasteiger partial charge in [0.15, 0.2) is 6.10 Å². The van der Waals surface area contributed by atoms with Gasteiger partial charge in [-0.2, -0.15) is 13.2 Å². The van der Waals surface area contributed by atoms with E-state index < -0.39 is 23.4 Å². The molecule has 4 aromatic rings. The number of halogens is 3. The van der Waals surface area contributed by atoms with Crippen molar-refractivity contribution in [3.05, 3.63) is 75.7 Å². The molecular formula is C23H20F3N3O4. The fraction of sp³-hybridized carbons (Fsp3) is 0.261. The lowest BCUT2D eigenvalue weighted by molar-refractivity contribution is -0.207. The second-order valence-corrected chi connectivity index (χ2v) is 7.57. The van der Waals surface area contributed by atoms with Crippen LogP contribution in [0.2, 0.25) is 0 Å². The van der Waals surface area contributed by atoms with Crippen LogP contribution in [0.5, 0.6) is 5.75 Å². The van der Waals surface area contributed by atoms with Crippen molar-refractivity contribution in [3.63, 3.8) is 0 Å². The van der Waals surface area contributed by atoms with E-state index in [0.29, 0.717) is 44.9 Å². The number of ether oxygens (including phenoxy) is 1. The first-order chi connectivity index (χ1) is 15.6. The van der Waals surface area contributed by atoms with Crippen molar-refractivity contribution in [3.8, 4) is 16.9 Å². The minimum Gasteiger partial charge on any atom is -0.496 e. The number of aryl methyl sites for hydroxylation is 2. The van der Waals surface area contributed by atoms with Crippen LogP contribution >= 0.6 is 0 Å². The zero-order valence-corrected chi connectivity index (χ0v) is 18.0. The third kappa shape index (κ3) is 4.09. The number of alkyl halides is 3. The van der Waals surface area contributed by atoms with Crippen LogP contribution in [-0.2, 0) is 6.54 Å². The van der Waals surface area contributed by atoms with Gasteiger partial charge in [0.1, 0.15) is 11.5 Å². The Kier molecular flexibility index (Phi) is 5.71.